The summed E-state index contributed by atoms with van der Waals surface area (Å²) in [5.74, 6) is 0.660. The number of nitrogens with zero attached hydrogens (tertiary/aromatic N) is 2. The molecule has 5 nitrogen and oxygen atoms in total. The van der Waals surface area contributed by atoms with Crippen LogP contribution in [-0.2, 0) is 12.4 Å². The van der Waals surface area contributed by atoms with Crippen molar-refractivity contribution in [3.63, 3.8) is 0 Å². The Balaban J connectivity index is 2.37. The van der Waals surface area contributed by atoms with Gasteiger partial charge in [-0.1, -0.05) is 11.6 Å². The zero-order chi connectivity index (χ0) is 11.5. The van der Waals surface area contributed by atoms with Crippen LogP contribution in [0.4, 0.5) is 17.1 Å². The van der Waals surface area contributed by atoms with Gasteiger partial charge in [0.25, 0.3) is 0 Å². The highest BCUT2D eigenvalue weighted by atomic mass is 35.5. The second-order valence-corrected chi connectivity index (χ2v) is 3.82. The topological polar surface area (TPSA) is 74.8 Å². The maximum atomic E-state index is 6.05. The van der Waals surface area contributed by atoms with Crippen molar-refractivity contribution < 1.29 is 0 Å². The molecule has 1 heterocycles. The summed E-state index contributed by atoms with van der Waals surface area (Å²) >= 11 is 10.7. The van der Waals surface area contributed by atoms with Gasteiger partial charge in [0.1, 0.15) is 5.69 Å². The first-order valence-corrected chi connectivity index (χ1v) is 5.43. The van der Waals surface area contributed by atoms with Crippen molar-refractivity contribution in [3.05, 3.63) is 17.2 Å². The number of nitrogens with one attached hydrogen (secondary N) is 2. The summed E-state index contributed by atoms with van der Waals surface area (Å²) in [4.78, 5) is 4.20. The standard InChI is InChI=1S/C9H10ClN5S/c10-5-1-2-6(11)8(15-16)7(5)14-9-12-3-4-13-9/h1-2H,3-4,11H2,(H2,12,13,14). The molecule has 1 aromatic rings. The molecule has 0 saturated carbocycles. The lowest BCUT2D eigenvalue weighted by molar-refractivity contribution is 0.959. The van der Waals surface area contributed by atoms with Crippen LogP contribution in [0.5, 0.6) is 0 Å². The van der Waals surface area contributed by atoms with Gasteiger partial charge in [-0.2, -0.15) is 4.36 Å². The minimum absolute atomic E-state index is 0.471. The van der Waals surface area contributed by atoms with E-state index in [2.05, 4.69) is 32.4 Å². The molecule has 16 heavy (non-hydrogen) atoms. The Bertz CT molecular complexity index is 459. The Morgan fingerprint density at radius 1 is 1.56 bits per heavy atom. The Morgan fingerprint density at radius 3 is 3.00 bits per heavy atom. The van der Waals surface area contributed by atoms with Gasteiger partial charge in [0.05, 0.1) is 22.9 Å². The fraction of sp³-hybridized carbons (Fsp3) is 0.222. The minimum atomic E-state index is 0.471. The van der Waals surface area contributed by atoms with E-state index < -0.39 is 0 Å². The predicted molar refractivity (Wildman–Crippen MR) is 69.2 cm³/mol. The molecule has 4 N–H and O–H groups in total. The second-order valence-electron chi connectivity index (χ2n) is 3.23. The van der Waals surface area contributed by atoms with Crippen LogP contribution >= 0.6 is 11.6 Å². The van der Waals surface area contributed by atoms with Crippen LogP contribution in [0.2, 0.25) is 5.02 Å². The van der Waals surface area contributed by atoms with Crippen LogP contribution in [-0.4, -0.2) is 19.0 Å². The molecule has 1 aliphatic rings. The number of hydrogen-bond donors (Lipinski definition) is 3. The average Bonchev–Trinajstić information content (AvgIpc) is 2.77. The van der Waals surface area contributed by atoms with E-state index >= 15 is 0 Å². The molecular formula is C9H10ClN5S. The first-order chi connectivity index (χ1) is 7.72. The van der Waals surface area contributed by atoms with Crippen LogP contribution < -0.4 is 16.4 Å². The van der Waals surface area contributed by atoms with E-state index in [-0.39, 0.29) is 0 Å². The van der Waals surface area contributed by atoms with Crippen molar-refractivity contribution in [3.8, 4) is 0 Å². The number of halogens is 1. The van der Waals surface area contributed by atoms with Crippen LogP contribution in [0, 0.1) is 0 Å². The molecule has 1 aliphatic heterocycles. The maximum Gasteiger partial charge on any atom is 0.196 e. The van der Waals surface area contributed by atoms with E-state index in [9.17, 15) is 0 Å². The molecule has 0 bridgehead atoms. The van der Waals surface area contributed by atoms with E-state index in [1.165, 1.54) is 0 Å². The number of rotatable bonds is 2. The van der Waals surface area contributed by atoms with Crippen LogP contribution in [0.3, 0.4) is 0 Å². The molecule has 0 atom stereocenters. The number of nitrogen functional groups attached to an aromatic ring is 1. The molecule has 0 unspecified atom stereocenters. The van der Waals surface area contributed by atoms with Gasteiger partial charge in [-0.15, -0.1) is 0 Å². The normalized spacial score (nSPS) is 14.2. The molecule has 0 aromatic heterocycles. The van der Waals surface area contributed by atoms with Crippen LogP contribution in [0.15, 0.2) is 21.5 Å². The smallest absolute Gasteiger partial charge is 0.196 e. The molecule has 2 rings (SSSR count). The fourth-order valence-electron chi connectivity index (χ4n) is 1.40. The molecule has 0 spiro atoms. The summed E-state index contributed by atoms with van der Waals surface area (Å²) in [6.45, 7) is 1.55. The van der Waals surface area contributed by atoms with E-state index in [1.807, 2.05) is 0 Å². The van der Waals surface area contributed by atoms with Gasteiger partial charge in [-0.05, 0) is 12.1 Å². The highest BCUT2D eigenvalue weighted by molar-refractivity contribution is 7.47. The number of aliphatic imine (C=N–C) groups is 1. The minimum Gasteiger partial charge on any atom is -0.397 e. The van der Waals surface area contributed by atoms with Gasteiger partial charge >= 0.3 is 0 Å². The van der Waals surface area contributed by atoms with Gasteiger partial charge in [-0.3, -0.25) is 4.99 Å². The van der Waals surface area contributed by atoms with Crippen molar-refractivity contribution in [1.82, 2.24) is 5.32 Å². The third-order valence-electron chi connectivity index (χ3n) is 2.17. The molecule has 0 radical (unpaired) electrons. The van der Waals surface area contributed by atoms with E-state index in [0.29, 0.717) is 28.0 Å². The molecule has 0 amide bonds. The summed E-state index contributed by atoms with van der Waals surface area (Å²) in [7, 11) is 0. The van der Waals surface area contributed by atoms with E-state index in [4.69, 9.17) is 17.3 Å². The lowest BCUT2D eigenvalue weighted by Gasteiger charge is -2.12. The summed E-state index contributed by atoms with van der Waals surface area (Å²) in [5, 5.41) is 6.61. The Hall–Kier alpha value is -1.40. The van der Waals surface area contributed by atoms with Gasteiger partial charge < -0.3 is 16.4 Å². The number of benzene rings is 1. The first kappa shape index (κ1) is 11.1. The lowest BCUT2D eigenvalue weighted by Crippen LogP contribution is -2.26. The summed E-state index contributed by atoms with van der Waals surface area (Å²) in [5.41, 5.74) is 7.30. The third kappa shape index (κ3) is 2.07. The Morgan fingerprint density at radius 2 is 2.38 bits per heavy atom. The fourth-order valence-corrected chi connectivity index (χ4v) is 1.80. The number of hydrogen-bond acceptors (Lipinski definition) is 6. The lowest BCUT2D eigenvalue weighted by atomic mass is 10.2. The molecule has 7 heteroatoms. The molecule has 0 aliphatic carbocycles. The van der Waals surface area contributed by atoms with Crippen molar-refractivity contribution in [1.29, 1.82) is 0 Å². The van der Waals surface area contributed by atoms with Gasteiger partial charge in [0, 0.05) is 19.0 Å². The summed E-state index contributed by atoms with van der Waals surface area (Å²) in [6, 6.07) is 3.36. The molecule has 1 aromatic carbocycles. The molecular weight excluding hydrogens is 246 g/mol. The number of guanidine groups is 1. The van der Waals surface area contributed by atoms with Gasteiger partial charge in [0.2, 0.25) is 0 Å². The van der Waals surface area contributed by atoms with Crippen LogP contribution in [0.1, 0.15) is 0 Å². The van der Waals surface area contributed by atoms with E-state index in [1.54, 1.807) is 12.1 Å². The Labute approximate surface area is 103 Å². The van der Waals surface area contributed by atoms with Crippen LogP contribution in [0.25, 0.3) is 0 Å². The van der Waals surface area contributed by atoms with Crippen molar-refractivity contribution in [2.75, 3.05) is 24.1 Å². The van der Waals surface area contributed by atoms with Gasteiger partial charge in [0.15, 0.2) is 5.96 Å². The third-order valence-corrected chi connectivity index (χ3v) is 2.66. The first-order valence-electron chi connectivity index (χ1n) is 4.69. The zero-order valence-electron chi connectivity index (χ0n) is 8.33. The highest BCUT2D eigenvalue weighted by Gasteiger charge is 2.13. The number of nitrogens with two attached hydrogens (primary N) is 1. The van der Waals surface area contributed by atoms with E-state index in [0.717, 1.165) is 13.1 Å². The average molecular weight is 256 g/mol. The van der Waals surface area contributed by atoms with Crippen molar-refractivity contribution in [2.45, 2.75) is 0 Å². The van der Waals surface area contributed by atoms with Crippen molar-refractivity contribution in [2.24, 2.45) is 9.36 Å². The van der Waals surface area contributed by atoms with Crippen molar-refractivity contribution >= 4 is 47.0 Å². The monoisotopic (exact) mass is 255 g/mol. The molecule has 84 valence electrons. The Kier molecular flexibility index (Phi) is 3.21. The number of anilines is 2. The molecule has 0 fully saturated rings. The summed E-state index contributed by atoms with van der Waals surface area (Å²) in [6.07, 6.45) is 0. The highest BCUT2D eigenvalue weighted by Crippen LogP contribution is 2.37. The predicted octanol–water partition coefficient (Wildman–Crippen LogP) is 1.66. The quantitative estimate of drug-likeness (QED) is 0.703. The van der Waals surface area contributed by atoms with Gasteiger partial charge in [-0.25, -0.2) is 0 Å². The second kappa shape index (κ2) is 4.63. The molecule has 0 saturated heterocycles. The maximum absolute atomic E-state index is 6.05. The summed E-state index contributed by atoms with van der Waals surface area (Å²) < 4.78 is 3.70. The largest absolute Gasteiger partial charge is 0.397 e. The SMILES string of the molecule is Nc1ccc(Cl)c(NC2=NCCN2)c1N=S. The zero-order valence-corrected chi connectivity index (χ0v) is 9.90.